The van der Waals surface area contributed by atoms with E-state index in [0.29, 0.717) is 11.3 Å². The van der Waals surface area contributed by atoms with Crippen molar-refractivity contribution in [2.45, 2.75) is 20.0 Å². The molecule has 5 heteroatoms. The summed E-state index contributed by atoms with van der Waals surface area (Å²) in [6.07, 6.45) is -1.03. The number of ketones is 1. The Bertz CT molecular complexity index is 1040. The van der Waals surface area contributed by atoms with E-state index in [4.69, 9.17) is 4.74 Å². The van der Waals surface area contributed by atoms with E-state index in [9.17, 15) is 14.4 Å². The number of amides is 1. The molecule has 0 heterocycles. The third-order valence-electron chi connectivity index (χ3n) is 4.37. The molecular formula is C24H21NO4. The second-order valence-corrected chi connectivity index (χ2v) is 6.65. The molecule has 29 heavy (non-hydrogen) atoms. The molecule has 3 aromatic carbocycles. The Morgan fingerprint density at radius 3 is 2.17 bits per heavy atom. The summed E-state index contributed by atoms with van der Waals surface area (Å²) in [7, 11) is 0. The third-order valence-corrected chi connectivity index (χ3v) is 4.37. The van der Waals surface area contributed by atoms with Crippen LogP contribution in [0.2, 0.25) is 0 Å². The molecule has 0 aliphatic carbocycles. The smallest absolute Gasteiger partial charge is 0.339 e. The molecule has 3 aromatic rings. The van der Waals surface area contributed by atoms with Crippen molar-refractivity contribution in [1.82, 2.24) is 0 Å². The highest BCUT2D eigenvalue weighted by molar-refractivity contribution is 6.14. The van der Waals surface area contributed by atoms with E-state index in [1.807, 2.05) is 31.2 Å². The maximum Gasteiger partial charge on any atom is 0.339 e. The second kappa shape index (κ2) is 8.97. The fourth-order valence-electron chi connectivity index (χ4n) is 2.85. The molecule has 0 saturated carbocycles. The number of anilines is 1. The molecular weight excluding hydrogens is 366 g/mol. The molecule has 146 valence electrons. The highest BCUT2D eigenvalue weighted by Crippen LogP contribution is 2.17. The van der Waals surface area contributed by atoms with E-state index in [1.54, 1.807) is 48.5 Å². The minimum atomic E-state index is -1.03. The van der Waals surface area contributed by atoms with Crippen LogP contribution in [0, 0.1) is 6.92 Å². The molecule has 0 fully saturated rings. The summed E-state index contributed by atoms with van der Waals surface area (Å²) in [6.45, 7) is 3.41. The van der Waals surface area contributed by atoms with Crippen LogP contribution < -0.4 is 5.32 Å². The van der Waals surface area contributed by atoms with Gasteiger partial charge in [-0.25, -0.2) is 4.79 Å². The normalized spacial score (nSPS) is 11.4. The molecule has 0 unspecified atom stereocenters. The molecule has 5 nitrogen and oxygen atoms in total. The summed E-state index contributed by atoms with van der Waals surface area (Å²) < 4.78 is 5.32. The average Bonchev–Trinajstić information content (AvgIpc) is 2.73. The summed E-state index contributed by atoms with van der Waals surface area (Å²) in [5.41, 5.74) is 2.45. The fourth-order valence-corrected chi connectivity index (χ4v) is 2.85. The Hall–Kier alpha value is -3.73. The van der Waals surface area contributed by atoms with E-state index in [-0.39, 0.29) is 16.9 Å². The van der Waals surface area contributed by atoms with Crippen LogP contribution >= 0.6 is 0 Å². The first-order valence-corrected chi connectivity index (χ1v) is 9.23. The van der Waals surface area contributed by atoms with Gasteiger partial charge in [-0.15, -0.1) is 0 Å². The summed E-state index contributed by atoms with van der Waals surface area (Å²) in [5, 5.41) is 2.72. The molecule has 0 aliphatic heterocycles. The number of hydrogen-bond acceptors (Lipinski definition) is 4. The number of ether oxygens (including phenoxy) is 1. The molecule has 0 aromatic heterocycles. The Morgan fingerprint density at radius 2 is 1.48 bits per heavy atom. The van der Waals surface area contributed by atoms with Gasteiger partial charge in [0.05, 0.1) is 5.56 Å². The molecule has 3 rings (SSSR count). The van der Waals surface area contributed by atoms with Crippen molar-refractivity contribution in [3.05, 3.63) is 101 Å². The maximum atomic E-state index is 12.8. The second-order valence-electron chi connectivity index (χ2n) is 6.65. The van der Waals surface area contributed by atoms with Crippen molar-refractivity contribution in [2.75, 3.05) is 5.32 Å². The van der Waals surface area contributed by atoms with Gasteiger partial charge in [-0.1, -0.05) is 60.7 Å². The number of esters is 1. The zero-order valence-electron chi connectivity index (χ0n) is 16.2. The van der Waals surface area contributed by atoms with E-state index >= 15 is 0 Å². The largest absolute Gasteiger partial charge is 0.449 e. The predicted molar refractivity (Wildman–Crippen MR) is 111 cm³/mol. The predicted octanol–water partition coefficient (Wildman–Crippen LogP) is 4.41. The van der Waals surface area contributed by atoms with Crippen LogP contribution in [0.25, 0.3) is 0 Å². The van der Waals surface area contributed by atoms with Gasteiger partial charge in [-0.2, -0.15) is 0 Å². The zero-order valence-corrected chi connectivity index (χ0v) is 16.2. The van der Waals surface area contributed by atoms with Crippen LogP contribution in [-0.4, -0.2) is 23.8 Å². The maximum absolute atomic E-state index is 12.8. The van der Waals surface area contributed by atoms with Gasteiger partial charge in [0, 0.05) is 16.8 Å². The van der Waals surface area contributed by atoms with Gasteiger partial charge in [-0.05, 0) is 37.6 Å². The Kier molecular flexibility index (Phi) is 6.19. The van der Waals surface area contributed by atoms with Gasteiger partial charge in [0.2, 0.25) is 0 Å². The number of rotatable bonds is 6. The first-order chi connectivity index (χ1) is 14.0. The number of carbonyl (C=O) groups excluding carboxylic acids is 3. The van der Waals surface area contributed by atoms with Crippen LogP contribution in [0.15, 0.2) is 78.9 Å². The van der Waals surface area contributed by atoms with Crippen molar-refractivity contribution >= 4 is 23.3 Å². The van der Waals surface area contributed by atoms with Crippen LogP contribution in [0.5, 0.6) is 0 Å². The monoisotopic (exact) mass is 387 g/mol. The first kappa shape index (κ1) is 20.0. The number of aryl methyl sites for hydroxylation is 1. The molecule has 1 atom stereocenters. The van der Waals surface area contributed by atoms with Crippen molar-refractivity contribution in [1.29, 1.82) is 0 Å². The quantitative estimate of drug-likeness (QED) is 0.502. The van der Waals surface area contributed by atoms with E-state index in [2.05, 4.69) is 5.32 Å². The summed E-state index contributed by atoms with van der Waals surface area (Å²) in [6, 6.07) is 22.4. The number of benzene rings is 3. The minimum Gasteiger partial charge on any atom is -0.449 e. The molecule has 0 aliphatic rings. The van der Waals surface area contributed by atoms with Gasteiger partial charge >= 0.3 is 5.97 Å². The molecule has 0 radical (unpaired) electrons. The lowest BCUT2D eigenvalue weighted by Crippen LogP contribution is -2.30. The van der Waals surface area contributed by atoms with Gasteiger partial charge in [-0.3, -0.25) is 9.59 Å². The van der Waals surface area contributed by atoms with Crippen LogP contribution in [0.1, 0.15) is 38.8 Å². The van der Waals surface area contributed by atoms with Gasteiger partial charge in [0.1, 0.15) is 0 Å². The first-order valence-electron chi connectivity index (χ1n) is 9.23. The fraction of sp³-hybridized carbons (Fsp3) is 0.125. The lowest BCUT2D eigenvalue weighted by atomic mass is 9.98. The van der Waals surface area contributed by atoms with Crippen molar-refractivity contribution in [3.63, 3.8) is 0 Å². The van der Waals surface area contributed by atoms with Gasteiger partial charge < -0.3 is 10.1 Å². The topological polar surface area (TPSA) is 72.5 Å². The molecule has 0 saturated heterocycles. The third kappa shape index (κ3) is 4.96. The lowest BCUT2D eigenvalue weighted by molar-refractivity contribution is -0.123. The number of nitrogens with one attached hydrogen (secondary N) is 1. The standard InChI is InChI=1S/C24H21NO4/c1-16-9-8-12-19(15-16)25-23(27)17(2)29-24(28)21-14-7-6-13-20(21)22(26)18-10-4-3-5-11-18/h3-15,17H,1-2H3,(H,25,27)/t17-/m0/s1. The molecule has 1 N–H and O–H groups in total. The lowest BCUT2D eigenvalue weighted by Gasteiger charge is -2.15. The summed E-state index contributed by atoms with van der Waals surface area (Å²) >= 11 is 0. The van der Waals surface area contributed by atoms with Crippen molar-refractivity contribution < 1.29 is 19.1 Å². The highest BCUT2D eigenvalue weighted by atomic mass is 16.5. The van der Waals surface area contributed by atoms with Gasteiger partial charge in [0.15, 0.2) is 11.9 Å². The zero-order chi connectivity index (χ0) is 20.8. The van der Waals surface area contributed by atoms with Gasteiger partial charge in [0.25, 0.3) is 5.91 Å². The van der Waals surface area contributed by atoms with E-state index in [0.717, 1.165) is 5.56 Å². The van der Waals surface area contributed by atoms with Crippen LogP contribution in [0.3, 0.4) is 0 Å². The van der Waals surface area contributed by atoms with E-state index in [1.165, 1.54) is 13.0 Å². The summed E-state index contributed by atoms with van der Waals surface area (Å²) in [4.78, 5) is 37.8. The Morgan fingerprint density at radius 1 is 0.828 bits per heavy atom. The highest BCUT2D eigenvalue weighted by Gasteiger charge is 2.23. The SMILES string of the molecule is Cc1cccc(NC(=O)[C@H](C)OC(=O)c2ccccc2C(=O)c2ccccc2)c1. The summed E-state index contributed by atoms with van der Waals surface area (Å²) in [5.74, 6) is -1.46. The number of hydrogen-bond donors (Lipinski definition) is 1. The molecule has 0 bridgehead atoms. The molecule has 1 amide bonds. The van der Waals surface area contributed by atoms with Crippen molar-refractivity contribution in [3.8, 4) is 0 Å². The Balaban J connectivity index is 1.74. The number of carbonyl (C=O) groups is 3. The molecule has 0 spiro atoms. The average molecular weight is 387 g/mol. The minimum absolute atomic E-state index is 0.122. The van der Waals surface area contributed by atoms with Crippen molar-refractivity contribution in [2.24, 2.45) is 0 Å². The van der Waals surface area contributed by atoms with Crippen LogP contribution in [-0.2, 0) is 9.53 Å². The Labute approximate surface area is 169 Å². The van der Waals surface area contributed by atoms with E-state index < -0.39 is 18.0 Å². The van der Waals surface area contributed by atoms with Crippen LogP contribution in [0.4, 0.5) is 5.69 Å².